The predicted octanol–water partition coefficient (Wildman–Crippen LogP) is -0.981. The van der Waals surface area contributed by atoms with Crippen LogP contribution in [0.1, 0.15) is 20.8 Å². The molecule has 122 valence electrons. The number of rotatable bonds is 6. The maximum atomic E-state index is 11.9. The van der Waals surface area contributed by atoms with Gasteiger partial charge in [-0.2, -0.15) is 0 Å². The maximum absolute atomic E-state index is 11.9. The molecule has 0 aromatic heterocycles. The fourth-order valence-electron chi connectivity index (χ4n) is 2.37. The van der Waals surface area contributed by atoms with E-state index in [1.165, 1.54) is 0 Å². The highest BCUT2D eigenvalue weighted by Crippen LogP contribution is 2.07. The van der Waals surface area contributed by atoms with E-state index in [-0.39, 0.29) is 30.0 Å². The summed E-state index contributed by atoms with van der Waals surface area (Å²) in [7, 11) is 1.83. The molecule has 1 unspecified atom stereocenters. The van der Waals surface area contributed by atoms with Gasteiger partial charge in [0.1, 0.15) is 0 Å². The van der Waals surface area contributed by atoms with Crippen LogP contribution in [0.5, 0.6) is 0 Å². The topological polar surface area (TPSA) is 87.9 Å². The Morgan fingerprint density at radius 2 is 2.10 bits per heavy atom. The second-order valence-electron chi connectivity index (χ2n) is 6.69. The second-order valence-corrected chi connectivity index (χ2v) is 6.69. The lowest BCUT2D eigenvalue weighted by molar-refractivity contribution is -0.125. The Morgan fingerprint density at radius 3 is 2.67 bits per heavy atom. The number of amides is 2. The Kier molecular flexibility index (Phi) is 6.57. The highest BCUT2D eigenvalue weighted by molar-refractivity contribution is 5.78. The van der Waals surface area contributed by atoms with Gasteiger partial charge >= 0.3 is 0 Å². The molecule has 1 saturated heterocycles. The van der Waals surface area contributed by atoms with Crippen molar-refractivity contribution in [1.82, 2.24) is 15.1 Å². The van der Waals surface area contributed by atoms with Gasteiger partial charge in [-0.25, -0.2) is 0 Å². The van der Waals surface area contributed by atoms with Crippen molar-refractivity contribution in [3.05, 3.63) is 0 Å². The molecule has 21 heavy (non-hydrogen) atoms. The van der Waals surface area contributed by atoms with Crippen molar-refractivity contribution in [2.45, 2.75) is 32.4 Å². The lowest BCUT2D eigenvalue weighted by Crippen LogP contribution is -2.52. The molecule has 1 heterocycles. The van der Waals surface area contributed by atoms with E-state index in [1.807, 2.05) is 32.7 Å². The molecular formula is C14H28N4O3. The van der Waals surface area contributed by atoms with Crippen LogP contribution in [0.2, 0.25) is 0 Å². The number of likely N-dealkylation sites (N-methyl/N-ethyl adjacent to an activating group) is 1. The van der Waals surface area contributed by atoms with Crippen molar-refractivity contribution >= 4 is 11.8 Å². The molecule has 3 N–H and O–H groups in total. The lowest BCUT2D eigenvalue weighted by atomic mass is 10.1. The highest BCUT2D eigenvalue weighted by atomic mass is 16.5. The maximum Gasteiger partial charge on any atom is 0.234 e. The third-order valence-electron chi connectivity index (χ3n) is 3.05. The molecule has 2 amide bonds. The average molecular weight is 300 g/mol. The summed E-state index contributed by atoms with van der Waals surface area (Å²) in [6, 6.07) is 0. The largest absolute Gasteiger partial charge is 0.374 e. The van der Waals surface area contributed by atoms with E-state index >= 15 is 0 Å². The summed E-state index contributed by atoms with van der Waals surface area (Å²) in [5, 5.41) is 2.96. The molecule has 0 saturated carbocycles. The number of ether oxygens (including phenoxy) is 1. The van der Waals surface area contributed by atoms with Crippen molar-refractivity contribution in [1.29, 1.82) is 0 Å². The molecule has 7 heteroatoms. The zero-order chi connectivity index (χ0) is 16.0. The lowest BCUT2D eigenvalue weighted by Gasteiger charge is -2.34. The van der Waals surface area contributed by atoms with Gasteiger partial charge in [0.15, 0.2) is 0 Å². The summed E-state index contributed by atoms with van der Waals surface area (Å²) in [5.41, 5.74) is 4.95. The van der Waals surface area contributed by atoms with Crippen molar-refractivity contribution in [2.24, 2.45) is 5.73 Å². The molecule has 0 aromatic carbocycles. The fourth-order valence-corrected chi connectivity index (χ4v) is 2.37. The van der Waals surface area contributed by atoms with Crippen LogP contribution in [0.15, 0.2) is 0 Å². The van der Waals surface area contributed by atoms with Gasteiger partial charge in [-0.1, -0.05) is 0 Å². The quantitative estimate of drug-likeness (QED) is 0.658. The summed E-state index contributed by atoms with van der Waals surface area (Å²) in [4.78, 5) is 26.7. The number of carbonyl (C=O) groups is 2. The minimum atomic E-state index is -0.352. The molecule has 0 aromatic rings. The number of nitrogens with two attached hydrogens (primary N) is 1. The molecule has 0 radical (unpaired) electrons. The summed E-state index contributed by atoms with van der Waals surface area (Å²) < 4.78 is 5.68. The third kappa shape index (κ3) is 7.99. The summed E-state index contributed by atoms with van der Waals surface area (Å²) in [6.07, 6.45) is -0.00876. The van der Waals surface area contributed by atoms with Gasteiger partial charge in [0.2, 0.25) is 11.8 Å². The number of carbonyl (C=O) groups excluding carboxylic acids is 2. The highest BCUT2D eigenvalue weighted by Gasteiger charge is 2.24. The number of hydrogen-bond donors (Lipinski definition) is 2. The predicted molar refractivity (Wildman–Crippen MR) is 80.8 cm³/mol. The van der Waals surface area contributed by atoms with Crippen LogP contribution < -0.4 is 11.1 Å². The fraction of sp³-hybridized carbons (Fsp3) is 0.857. The summed E-state index contributed by atoms with van der Waals surface area (Å²) in [6.45, 7) is 9.12. The van der Waals surface area contributed by atoms with E-state index in [1.54, 1.807) is 0 Å². The van der Waals surface area contributed by atoms with Gasteiger partial charge < -0.3 is 15.8 Å². The van der Waals surface area contributed by atoms with Crippen LogP contribution in [-0.2, 0) is 14.3 Å². The zero-order valence-corrected chi connectivity index (χ0v) is 13.5. The Balaban J connectivity index is 2.38. The minimum absolute atomic E-state index is 0.00876. The first-order valence-electron chi connectivity index (χ1n) is 7.27. The molecule has 1 fully saturated rings. The van der Waals surface area contributed by atoms with Crippen molar-refractivity contribution < 1.29 is 14.3 Å². The monoisotopic (exact) mass is 300 g/mol. The van der Waals surface area contributed by atoms with E-state index in [2.05, 4.69) is 10.2 Å². The van der Waals surface area contributed by atoms with E-state index in [9.17, 15) is 9.59 Å². The van der Waals surface area contributed by atoms with E-state index in [0.29, 0.717) is 26.2 Å². The molecular weight excluding hydrogens is 272 g/mol. The van der Waals surface area contributed by atoms with Gasteiger partial charge in [0, 0.05) is 25.2 Å². The van der Waals surface area contributed by atoms with Crippen molar-refractivity contribution in [3.63, 3.8) is 0 Å². The zero-order valence-electron chi connectivity index (χ0n) is 13.5. The van der Waals surface area contributed by atoms with Crippen LogP contribution in [-0.4, -0.2) is 79.6 Å². The first-order valence-corrected chi connectivity index (χ1v) is 7.27. The SMILES string of the molecule is CN(CC(N)=O)CC1CN(CC(=O)NC(C)(C)C)CCO1. The molecule has 7 nitrogen and oxygen atoms in total. The summed E-state index contributed by atoms with van der Waals surface area (Å²) in [5.74, 6) is -0.330. The molecule has 1 rings (SSSR count). The molecule has 0 spiro atoms. The van der Waals surface area contributed by atoms with E-state index in [0.717, 1.165) is 6.54 Å². The van der Waals surface area contributed by atoms with Crippen LogP contribution in [0.4, 0.5) is 0 Å². The van der Waals surface area contributed by atoms with E-state index in [4.69, 9.17) is 10.5 Å². The Morgan fingerprint density at radius 1 is 1.43 bits per heavy atom. The van der Waals surface area contributed by atoms with Gasteiger partial charge in [0.25, 0.3) is 0 Å². The van der Waals surface area contributed by atoms with Crippen LogP contribution >= 0.6 is 0 Å². The van der Waals surface area contributed by atoms with Gasteiger partial charge in [-0.3, -0.25) is 19.4 Å². The van der Waals surface area contributed by atoms with E-state index < -0.39 is 0 Å². The number of nitrogens with zero attached hydrogens (tertiary/aromatic N) is 2. The molecule has 1 aliphatic rings. The van der Waals surface area contributed by atoms with Gasteiger partial charge in [-0.15, -0.1) is 0 Å². The summed E-state index contributed by atoms with van der Waals surface area (Å²) >= 11 is 0. The van der Waals surface area contributed by atoms with Crippen LogP contribution in [0, 0.1) is 0 Å². The number of nitrogens with one attached hydrogen (secondary N) is 1. The Labute approximate surface area is 126 Å². The first-order chi connectivity index (χ1) is 9.65. The van der Waals surface area contributed by atoms with Crippen LogP contribution in [0.25, 0.3) is 0 Å². The Hall–Kier alpha value is -1.18. The normalized spacial score (nSPS) is 20.5. The van der Waals surface area contributed by atoms with Gasteiger partial charge in [0.05, 0.1) is 25.8 Å². The van der Waals surface area contributed by atoms with Gasteiger partial charge in [-0.05, 0) is 27.8 Å². The van der Waals surface area contributed by atoms with Crippen LogP contribution in [0.3, 0.4) is 0 Å². The smallest absolute Gasteiger partial charge is 0.234 e. The molecule has 0 aliphatic carbocycles. The number of primary amides is 1. The molecule has 1 aliphatic heterocycles. The number of morpholine rings is 1. The average Bonchev–Trinajstić information content (AvgIpc) is 2.24. The minimum Gasteiger partial charge on any atom is -0.374 e. The van der Waals surface area contributed by atoms with Crippen molar-refractivity contribution in [3.8, 4) is 0 Å². The standard InChI is InChI=1S/C14H28N4O3/c1-14(2,3)16-13(20)10-18-5-6-21-11(8-18)7-17(4)9-12(15)19/h11H,5-10H2,1-4H3,(H2,15,19)(H,16,20). The molecule has 0 bridgehead atoms. The number of hydrogen-bond acceptors (Lipinski definition) is 5. The molecule has 1 atom stereocenters. The first kappa shape index (κ1) is 17.9. The van der Waals surface area contributed by atoms with Crippen molar-refractivity contribution in [2.75, 3.05) is 46.4 Å². The second kappa shape index (κ2) is 7.72. The third-order valence-corrected chi connectivity index (χ3v) is 3.05. The Bertz CT molecular complexity index is 368.